The molecule has 0 fully saturated rings. The first-order chi connectivity index (χ1) is 9.75. The zero-order valence-electron chi connectivity index (χ0n) is 11.0. The Labute approximate surface area is 117 Å². The second-order valence-corrected chi connectivity index (χ2v) is 4.80. The second kappa shape index (κ2) is 5.25. The molecule has 0 atom stereocenters. The standard InChI is InChI=1S/C16H14N2O2/c19-15-10-13-5-1-2-6-14(13)16(20)18(15)9-7-12-4-3-8-17-11-12/h1-6,8,11H,7,9-10H2. The maximum absolute atomic E-state index is 12.3. The van der Waals surface area contributed by atoms with E-state index in [0.29, 0.717) is 24.9 Å². The number of nitrogens with zero attached hydrogens (tertiary/aromatic N) is 2. The fraction of sp³-hybridized carbons (Fsp3) is 0.188. The minimum absolute atomic E-state index is 0.127. The molecule has 0 saturated heterocycles. The number of pyridine rings is 1. The van der Waals surface area contributed by atoms with E-state index in [2.05, 4.69) is 4.98 Å². The summed E-state index contributed by atoms with van der Waals surface area (Å²) in [4.78, 5) is 29.8. The molecule has 1 aliphatic rings. The number of imide groups is 1. The van der Waals surface area contributed by atoms with E-state index in [4.69, 9.17) is 0 Å². The molecule has 0 spiro atoms. The van der Waals surface area contributed by atoms with Gasteiger partial charge < -0.3 is 0 Å². The van der Waals surface area contributed by atoms with Crippen LogP contribution in [0.15, 0.2) is 48.8 Å². The Hall–Kier alpha value is -2.49. The molecule has 20 heavy (non-hydrogen) atoms. The summed E-state index contributed by atoms with van der Waals surface area (Å²) in [7, 11) is 0. The molecular formula is C16H14N2O2. The third-order valence-corrected chi connectivity index (χ3v) is 3.48. The van der Waals surface area contributed by atoms with Crippen molar-refractivity contribution in [2.24, 2.45) is 0 Å². The molecule has 3 rings (SSSR count). The predicted molar refractivity (Wildman–Crippen MR) is 74.1 cm³/mol. The quantitative estimate of drug-likeness (QED) is 0.797. The lowest BCUT2D eigenvalue weighted by molar-refractivity contribution is -0.128. The van der Waals surface area contributed by atoms with Gasteiger partial charge in [0.25, 0.3) is 5.91 Å². The third kappa shape index (κ3) is 2.32. The average molecular weight is 266 g/mol. The average Bonchev–Trinajstić information content (AvgIpc) is 2.48. The highest BCUT2D eigenvalue weighted by atomic mass is 16.2. The fourth-order valence-corrected chi connectivity index (χ4v) is 2.41. The minimum Gasteiger partial charge on any atom is -0.278 e. The van der Waals surface area contributed by atoms with Gasteiger partial charge in [0.1, 0.15) is 0 Å². The van der Waals surface area contributed by atoms with Crippen LogP contribution >= 0.6 is 0 Å². The topological polar surface area (TPSA) is 50.3 Å². The van der Waals surface area contributed by atoms with Crippen LogP contribution in [0.5, 0.6) is 0 Å². The number of rotatable bonds is 3. The molecule has 0 aliphatic carbocycles. The molecule has 0 N–H and O–H groups in total. The maximum atomic E-state index is 12.3. The minimum atomic E-state index is -0.194. The van der Waals surface area contributed by atoms with E-state index >= 15 is 0 Å². The number of benzene rings is 1. The fourth-order valence-electron chi connectivity index (χ4n) is 2.41. The first-order valence-electron chi connectivity index (χ1n) is 6.57. The number of carbonyl (C=O) groups excluding carboxylic acids is 2. The number of carbonyl (C=O) groups is 2. The molecule has 100 valence electrons. The Morgan fingerprint density at radius 2 is 1.95 bits per heavy atom. The van der Waals surface area contributed by atoms with Gasteiger partial charge in [-0.3, -0.25) is 19.5 Å². The van der Waals surface area contributed by atoms with E-state index in [0.717, 1.165) is 11.1 Å². The van der Waals surface area contributed by atoms with Crippen LogP contribution in [0.1, 0.15) is 21.5 Å². The molecule has 2 amide bonds. The highest BCUT2D eigenvalue weighted by molar-refractivity contribution is 6.09. The molecule has 0 saturated carbocycles. The Morgan fingerprint density at radius 3 is 2.75 bits per heavy atom. The van der Waals surface area contributed by atoms with Crippen molar-refractivity contribution < 1.29 is 9.59 Å². The molecule has 0 bridgehead atoms. The van der Waals surface area contributed by atoms with E-state index in [9.17, 15) is 9.59 Å². The van der Waals surface area contributed by atoms with Gasteiger partial charge in [0.05, 0.1) is 6.42 Å². The molecule has 2 heterocycles. The Bertz CT molecular complexity index is 653. The molecule has 0 unspecified atom stereocenters. The van der Waals surface area contributed by atoms with Crippen LogP contribution in [0.25, 0.3) is 0 Å². The van der Waals surface area contributed by atoms with Crippen molar-refractivity contribution in [3.8, 4) is 0 Å². The summed E-state index contributed by atoms with van der Waals surface area (Å²) in [5.74, 6) is -0.321. The molecule has 4 heteroatoms. The van der Waals surface area contributed by atoms with Gasteiger partial charge in [0, 0.05) is 24.5 Å². The van der Waals surface area contributed by atoms with Crippen molar-refractivity contribution in [3.05, 3.63) is 65.5 Å². The lowest BCUT2D eigenvalue weighted by atomic mass is 9.98. The van der Waals surface area contributed by atoms with Crippen LogP contribution in [-0.2, 0) is 17.6 Å². The number of hydrogen-bond donors (Lipinski definition) is 0. The smallest absolute Gasteiger partial charge is 0.260 e. The third-order valence-electron chi connectivity index (χ3n) is 3.48. The molecule has 1 aromatic carbocycles. The summed E-state index contributed by atoms with van der Waals surface area (Å²) in [5.41, 5.74) is 2.48. The van der Waals surface area contributed by atoms with E-state index in [1.807, 2.05) is 30.3 Å². The van der Waals surface area contributed by atoms with Gasteiger partial charge >= 0.3 is 0 Å². The molecular weight excluding hydrogens is 252 g/mol. The van der Waals surface area contributed by atoms with Crippen LogP contribution in [0.2, 0.25) is 0 Å². The zero-order chi connectivity index (χ0) is 13.9. The molecule has 1 aromatic heterocycles. The van der Waals surface area contributed by atoms with Crippen molar-refractivity contribution >= 4 is 11.8 Å². The van der Waals surface area contributed by atoms with Gasteiger partial charge in [-0.1, -0.05) is 24.3 Å². The van der Waals surface area contributed by atoms with Crippen LogP contribution in [0, 0.1) is 0 Å². The summed E-state index contributed by atoms with van der Waals surface area (Å²) in [6, 6.07) is 11.1. The summed E-state index contributed by atoms with van der Waals surface area (Å²) in [6.45, 7) is 0.400. The zero-order valence-corrected chi connectivity index (χ0v) is 11.0. The lowest BCUT2D eigenvalue weighted by Gasteiger charge is -2.26. The Kier molecular flexibility index (Phi) is 3.29. The molecule has 2 aromatic rings. The van der Waals surface area contributed by atoms with Crippen molar-refractivity contribution in [1.82, 2.24) is 9.88 Å². The van der Waals surface area contributed by atoms with Crippen molar-refractivity contribution in [2.75, 3.05) is 6.54 Å². The van der Waals surface area contributed by atoms with Crippen molar-refractivity contribution in [1.29, 1.82) is 0 Å². The summed E-state index contributed by atoms with van der Waals surface area (Å²) in [5, 5.41) is 0. The summed E-state index contributed by atoms with van der Waals surface area (Å²) >= 11 is 0. The van der Waals surface area contributed by atoms with E-state index in [-0.39, 0.29) is 11.8 Å². The van der Waals surface area contributed by atoms with E-state index in [1.165, 1.54) is 4.90 Å². The van der Waals surface area contributed by atoms with Gasteiger partial charge in [-0.25, -0.2) is 0 Å². The largest absolute Gasteiger partial charge is 0.278 e. The number of hydrogen-bond acceptors (Lipinski definition) is 3. The number of fused-ring (bicyclic) bond motifs is 1. The highest BCUT2D eigenvalue weighted by Crippen LogP contribution is 2.19. The van der Waals surface area contributed by atoms with Crippen molar-refractivity contribution in [3.63, 3.8) is 0 Å². The molecule has 4 nitrogen and oxygen atoms in total. The van der Waals surface area contributed by atoms with Gasteiger partial charge in [0.15, 0.2) is 0 Å². The monoisotopic (exact) mass is 266 g/mol. The lowest BCUT2D eigenvalue weighted by Crippen LogP contribution is -2.43. The first-order valence-corrected chi connectivity index (χ1v) is 6.57. The van der Waals surface area contributed by atoms with Gasteiger partial charge in [-0.2, -0.15) is 0 Å². The first kappa shape index (κ1) is 12.5. The van der Waals surface area contributed by atoms with Crippen LogP contribution in [0.3, 0.4) is 0 Å². The highest BCUT2D eigenvalue weighted by Gasteiger charge is 2.29. The van der Waals surface area contributed by atoms with Gasteiger partial charge in [0.2, 0.25) is 5.91 Å². The van der Waals surface area contributed by atoms with Crippen molar-refractivity contribution in [2.45, 2.75) is 12.8 Å². The SMILES string of the molecule is O=C1Cc2ccccc2C(=O)N1CCc1cccnc1. The van der Waals surface area contributed by atoms with E-state index in [1.54, 1.807) is 18.5 Å². The van der Waals surface area contributed by atoms with Gasteiger partial charge in [-0.05, 0) is 29.7 Å². The normalized spacial score (nSPS) is 14.3. The van der Waals surface area contributed by atoms with Crippen LogP contribution in [0.4, 0.5) is 0 Å². The molecule has 0 radical (unpaired) electrons. The summed E-state index contributed by atoms with van der Waals surface area (Å²) in [6.07, 6.45) is 4.40. The molecule has 1 aliphatic heterocycles. The van der Waals surface area contributed by atoms with Crippen LogP contribution in [-0.4, -0.2) is 28.2 Å². The second-order valence-electron chi connectivity index (χ2n) is 4.80. The number of aromatic nitrogens is 1. The van der Waals surface area contributed by atoms with E-state index < -0.39 is 0 Å². The van der Waals surface area contributed by atoms with Gasteiger partial charge in [-0.15, -0.1) is 0 Å². The Morgan fingerprint density at radius 1 is 1.10 bits per heavy atom. The summed E-state index contributed by atoms with van der Waals surface area (Å²) < 4.78 is 0. The Balaban J connectivity index is 1.78. The van der Waals surface area contributed by atoms with Crippen LogP contribution < -0.4 is 0 Å². The number of amides is 2. The maximum Gasteiger partial charge on any atom is 0.260 e. The predicted octanol–water partition coefficient (Wildman–Crippen LogP) is 1.85.